The number of benzene rings is 2. The van der Waals surface area contributed by atoms with Gasteiger partial charge < -0.3 is 14.4 Å². The molecular formula is C20H20N4O3. The Labute approximate surface area is 156 Å². The van der Waals surface area contributed by atoms with Crippen LogP contribution in [0.25, 0.3) is 10.9 Å². The van der Waals surface area contributed by atoms with Crippen LogP contribution in [0.5, 0.6) is 11.5 Å². The summed E-state index contributed by atoms with van der Waals surface area (Å²) in [6.07, 6.45) is 1.78. The highest BCUT2D eigenvalue weighted by Gasteiger charge is 2.25. The van der Waals surface area contributed by atoms with Gasteiger partial charge in [0.15, 0.2) is 11.5 Å². The lowest BCUT2D eigenvalue weighted by Gasteiger charge is -2.34. The van der Waals surface area contributed by atoms with Gasteiger partial charge in [0.2, 0.25) is 5.91 Å². The number of anilines is 1. The van der Waals surface area contributed by atoms with Gasteiger partial charge in [0, 0.05) is 30.7 Å². The van der Waals surface area contributed by atoms with E-state index >= 15 is 0 Å². The van der Waals surface area contributed by atoms with Crippen LogP contribution in [0.3, 0.4) is 0 Å². The van der Waals surface area contributed by atoms with Gasteiger partial charge in [0.1, 0.15) is 13.2 Å². The molecule has 2 aromatic carbocycles. The number of nitrogens with zero attached hydrogens (tertiary/aromatic N) is 3. The number of aromatic nitrogens is 2. The Morgan fingerprint density at radius 2 is 1.93 bits per heavy atom. The number of nitrogens with one attached hydrogen (secondary N) is 1. The molecule has 2 aliphatic heterocycles. The highest BCUT2D eigenvalue weighted by Crippen LogP contribution is 2.31. The molecule has 5 rings (SSSR count). The third-order valence-corrected chi connectivity index (χ3v) is 5.05. The van der Waals surface area contributed by atoms with Crippen LogP contribution >= 0.6 is 0 Å². The number of hydrogen-bond donors (Lipinski definition) is 1. The molecular weight excluding hydrogens is 344 g/mol. The van der Waals surface area contributed by atoms with E-state index in [-0.39, 0.29) is 5.91 Å². The van der Waals surface area contributed by atoms with E-state index in [1.165, 1.54) is 0 Å². The zero-order valence-corrected chi connectivity index (χ0v) is 14.9. The maximum Gasteiger partial charge on any atom is 0.241 e. The Morgan fingerprint density at radius 1 is 1.04 bits per heavy atom. The van der Waals surface area contributed by atoms with Crippen LogP contribution in [-0.4, -0.2) is 53.9 Å². The number of carbonyl (C=O) groups is 1. The van der Waals surface area contributed by atoms with Crippen molar-refractivity contribution in [3.63, 3.8) is 0 Å². The van der Waals surface area contributed by atoms with Crippen molar-refractivity contribution in [1.29, 1.82) is 0 Å². The van der Waals surface area contributed by atoms with Crippen molar-refractivity contribution >= 4 is 22.5 Å². The van der Waals surface area contributed by atoms with Gasteiger partial charge in [-0.1, -0.05) is 6.07 Å². The van der Waals surface area contributed by atoms with E-state index in [1.807, 2.05) is 41.3 Å². The minimum Gasteiger partial charge on any atom is -0.486 e. The number of rotatable bonds is 3. The molecule has 0 radical (unpaired) electrons. The molecule has 0 atom stereocenters. The summed E-state index contributed by atoms with van der Waals surface area (Å²) >= 11 is 0. The lowest BCUT2D eigenvalue weighted by Crippen LogP contribution is -2.50. The highest BCUT2D eigenvalue weighted by atomic mass is 16.6. The quantitative estimate of drug-likeness (QED) is 0.771. The van der Waals surface area contributed by atoms with Crippen LogP contribution in [0.4, 0.5) is 5.69 Å². The molecule has 2 aliphatic rings. The zero-order valence-electron chi connectivity index (χ0n) is 14.9. The van der Waals surface area contributed by atoms with Crippen LogP contribution in [0.15, 0.2) is 42.6 Å². The first-order chi connectivity index (χ1) is 13.3. The predicted molar refractivity (Wildman–Crippen MR) is 101 cm³/mol. The largest absolute Gasteiger partial charge is 0.486 e. The van der Waals surface area contributed by atoms with E-state index in [4.69, 9.17) is 9.47 Å². The van der Waals surface area contributed by atoms with Gasteiger partial charge in [0.05, 0.1) is 18.3 Å². The standard InChI is InChI=1S/C20H20N4O3/c25-20-13-23(12-14-1-4-18-19(9-14)27-8-7-26-18)5-6-24(20)16-3-2-15-11-21-22-17(15)10-16/h1-4,9-11H,5-8,12-13H2,(H,21,22). The van der Waals surface area contributed by atoms with Crippen molar-refractivity contribution in [1.82, 2.24) is 15.1 Å². The molecule has 0 aliphatic carbocycles. The fraction of sp³-hybridized carbons (Fsp3) is 0.300. The van der Waals surface area contributed by atoms with Crippen molar-refractivity contribution in [3.05, 3.63) is 48.2 Å². The molecule has 1 aromatic heterocycles. The minimum atomic E-state index is 0.109. The maximum absolute atomic E-state index is 12.7. The van der Waals surface area contributed by atoms with E-state index in [2.05, 4.69) is 15.1 Å². The summed E-state index contributed by atoms with van der Waals surface area (Å²) in [5.41, 5.74) is 2.98. The Morgan fingerprint density at radius 3 is 2.81 bits per heavy atom. The first-order valence-electron chi connectivity index (χ1n) is 9.11. The summed E-state index contributed by atoms with van der Waals surface area (Å²) in [6.45, 7) is 3.77. The number of fused-ring (bicyclic) bond motifs is 2. The molecule has 1 saturated heterocycles. The number of H-pyrrole nitrogens is 1. The number of aromatic amines is 1. The summed E-state index contributed by atoms with van der Waals surface area (Å²) < 4.78 is 11.2. The minimum absolute atomic E-state index is 0.109. The summed E-state index contributed by atoms with van der Waals surface area (Å²) in [7, 11) is 0. The van der Waals surface area contributed by atoms with Gasteiger partial charge in [-0.15, -0.1) is 0 Å². The number of piperazine rings is 1. The molecule has 7 heteroatoms. The molecule has 3 aromatic rings. The molecule has 0 bridgehead atoms. The van der Waals surface area contributed by atoms with E-state index in [0.29, 0.717) is 26.3 Å². The Balaban J connectivity index is 1.27. The summed E-state index contributed by atoms with van der Waals surface area (Å²) in [5, 5.41) is 8.04. The summed E-state index contributed by atoms with van der Waals surface area (Å²) in [6, 6.07) is 11.9. The first kappa shape index (κ1) is 16.1. The second-order valence-electron chi connectivity index (χ2n) is 6.88. The van der Waals surface area contributed by atoms with E-state index in [1.54, 1.807) is 6.20 Å². The normalized spacial score (nSPS) is 17.5. The van der Waals surface area contributed by atoms with Crippen LogP contribution < -0.4 is 14.4 Å². The average Bonchev–Trinajstić information content (AvgIpc) is 3.16. The van der Waals surface area contributed by atoms with Gasteiger partial charge in [-0.2, -0.15) is 5.10 Å². The molecule has 0 saturated carbocycles. The second kappa shape index (κ2) is 6.59. The van der Waals surface area contributed by atoms with Gasteiger partial charge in [0.25, 0.3) is 0 Å². The van der Waals surface area contributed by atoms with E-state index in [9.17, 15) is 4.79 Å². The van der Waals surface area contributed by atoms with Crippen molar-refractivity contribution in [2.24, 2.45) is 0 Å². The smallest absolute Gasteiger partial charge is 0.241 e. The average molecular weight is 364 g/mol. The monoisotopic (exact) mass is 364 g/mol. The fourth-order valence-electron chi connectivity index (χ4n) is 3.67. The van der Waals surface area contributed by atoms with Crippen molar-refractivity contribution in [3.8, 4) is 11.5 Å². The first-order valence-corrected chi connectivity index (χ1v) is 9.11. The lowest BCUT2D eigenvalue weighted by atomic mass is 10.1. The zero-order chi connectivity index (χ0) is 18.2. The molecule has 1 amide bonds. The molecule has 1 N–H and O–H groups in total. The summed E-state index contributed by atoms with van der Waals surface area (Å²) in [5.74, 6) is 1.69. The summed E-state index contributed by atoms with van der Waals surface area (Å²) in [4.78, 5) is 16.7. The second-order valence-corrected chi connectivity index (χ2v) is 6.88. The number of carbonyl (C=O) groups excluding carboxylic acids is 1. The molecule has 138 valence electrons. The van der Waals surface area contributed by atoms with Gasteiger partial charge in [-0.05, 0) is 35.9 Å². The Bertz CT molecular complexity index is 1000. The molecule has 0 spiro atoms. The molecule has 1 fully saturated rings. The van der Waals surface area contributed by atoms with Gasteiger partial charge >= 0.3 is 0 Å². The predicted octanol–water partition coefficient (Wildman–Crippen LogP) is 2.18. The highest BCUT2D eigenvalue weighted by molar-refractivity contribution is 5.97. The van der Waals surface area contributed by atoms with Gasteiger partial charge in [-0.25, -0.2) is 0 Å². The SMILES string of the molecule is O=C1CN(Cc2ccc3c(c2)OCCO3)CCN1c1ccc2cn[nH]c2c1. The van der Waals surface area contributed by atoms with Crippen molar-refractivity contribution in [2.75, 3.05) is 37.7 Å². The molecule has 3 heterocycles. The van der Waals surface area contributed by atoms with Crippen molar-refractivity contribution in [2.45, 2.75) is 6.54 Å². The van der Waals surface area contributed by atoms with Gasteiger partial charge in [-0.3, -0.25) is 14.8 Å². The maximum atomic E-state index is 12.7. The van der Waals surface area contributed by atoms with E-state index in [0.717, 1.165) is 46.7 Å². The molecule has 7 nitrogen and oxygen atoms in total. The van der Waals surface area contributed by atoms with Crippen LogP contribution in [0.1, 0.15) is 5.56 Å². The van der Waals surface area contributed by atoms with Crippen LogP contribution in [0, 0.1) is 0 Å². The Hall–Kier alpha value is -3.06. The number of hydrogen-bond acceptors (Lipinski definition) is 5. The Kier molecular flexibility index (Phi) is 3.94. The van der Waals surface area contributed by atoms with E-state index < -0.39 is 0 Å². The van der Waals surface area contributed by atoms with Crippen LogP contribution in [0.2, 0.25) is 0 Å². The fourth-order valence-corrected chi connectivity index (χ4v) is 3.67. The number of amides is 1. The third-order valence-electron chi connectivity index (χ3n) is 5.05. The third kappa shape index (κ3) is 3.10. The number of ether oxygens (including phenoxy) is 2. The van der Waals surface area contributed by atoms with Crippen LogP contribution in [-0.2, 0) is 11.3 Å². The lowest BCUT2D eigenvalue weighted by molar-refractivity contribution is -0.121. The topological polar surface area (TPSA) is 70.7 Å². The van der Waals surface area contributed by atoms with Crippen molar-refractivity contribution < 1.29 is 14.3 Å². The molecule has 27 heavy (non-hydrogen) atoms. The molecule has 0 unspecified atom stereocenters.